The van der Waals surface area contributed by atoms with Crippen LogP contribution < -0.4 is 4.90 Å². The number of hydrogen-bond donors (Lipinski definition) is 0. The molecule has 2 nitrogen and oxygen atoms in total. The van der Waals surface area contributed by atoms with E-state index in [1.165, 1.54) is 12.1 Å². The van der Waals surface area contributed by atoms with Gasteiger partial charge in [0.1, 0.15) is 0 Å². The maximum absolute atomic E-state index is 12.6. The van der Waals surface area contributed by atoms with Crippen LogP contribution in [0.25, 0.3) is 0 Å². The molecule has 0 aromatic heterocycles. The first-order valence-electron chi connectivity index (χ1n) is 5.99. The zero-order valence-corrected chi connectivity index (χ0v) is 10.6. The molecule has 1 aliphatic heterocycles. The van der Waals surface area contributed by atoms with Gasteiger partial charge in [-0.15, -0.1) is 0 Å². The number of anilines is 1. The Balaban J connectivity index is 2.20. The summed E-state index contributed by atoms with van der Waals surface area (Å²) in [5.41, 5.74) is 1.03. The molecule has 0 amide bonds. The van der Waals surface area contributed by atoms with Gasteiger partial charge in [-0.3, -0.25) is 0 Å². The Bertz CT molecular complexity index is 421. The lowest BCUT2D eigenvalue weighted by molar-refractivity contribution is -0.137. The van der Waals surface area contributed by atoms with E-state index in [0.29, 0.717) is 5.56 Å². The maximum Gasteiger partial charge on any atom is 0.416 e. The van der Waals surface area contributed by atoms with Crippen LogP contribution in [0.5, 0.6) is 0 Å². The van der Waals surface area contributed by atoms with Crippen molar-refractivity contribution >= 4 is 5.69 Å². The molecule has 1 saturated heterocycles. The molecule has 100 valence electrons. The molecule has 5 heteroatoms. The molecular formula is C13H17F3N2. The molecule has 0 aliphatic carbocycles. The van der Waals surface area contributed by atoms with E-state index in [9.17, 15) is 13.2 Å². The molecule has 1 aromatic rings. The summed E-state index contributed by atoms with van der Waals surface area (Å²) in [5, 5.41) is 0. The number of piperazine rings is 1. The normalized spacial score (nSPS) is 18.2. The van der Waals surface area contributed by atoms with Gasteiger partial charge in [-0.1, -0.05) is 0 Å². The number of nitrogens with zero attached hydrogens (tertiary/aromatic N) is 2. The lowest BCUT2D eigenvalue weighted by Crippen LogP contribution is -2.44. The largest absolute Gasteiger partial charge is 0.416 e. The summed E-state index contributed by atoms with van der Waals surface area (Å²) in [6.07, 6.45) is -4.26. The fourth-order valence-corrected chi connectivity index (χ4v) is 2.23. The standard InChI is InChI=1S/C13H17F3N2/c1-10-9-11(13(14,15)16)3-4-12(10)18-7-5-17(2)6-8-18/h3-4,9H,5-8H2,1-2H3. The van der Waals surface area contributed by atoms with Gasteiger partial charge in [-0.05, 0) is 37.7 Å². The summed E-state index contributed by atoms with van der Waals surface area (Å²) >= 11 is 0. The number of aryl methyl sites for hydroxylation is 1. The van der Waals surface area contributed by atoms with Gasteiger partial charge in [0.15, 0.2) is 0 Å². The second-order valence-electron chi connectivity index (χ2n) is 4.79. The molecule has 1 aromatic carbocycles. The summed E-state index contributed by atoms with van der Waals surface area (Å²) in [6.45, 7) is 5.36. The molecular weight excluding hydrogens is 241 g/mol. The summed E-state index contributed by atoms with van der Waals surface area (Å²) in [7, 11) is 2.05. The van der Waals surface area contributed by atoms with Crippen LogP contribution in [0, 0.1) is 6.92 Å². The molecule has 0 saturated carbocycles. The van der Waals surface area contributed by atoms with Crippen molar-refractivity contribution in [2.24, 2.45) is 0 Å². The van der Waals surface area contributed by atoms with Crippen molar-refractivity contribution in [3.05, 3.63) is 29.3 Å². The molecule has 0 N–H and O–H groups in total. The molecule has 18 heavy (non-hydrogen) atoms. The van der Waals surface area contributed by atoms with Crippen molar-refractivity contribution in [1.82, 2.24) is 4.90 Å². The summed E-state index contributed by atoms with van der Waals surface area (Å²) in [4.78, 5) is 4.37. The van der Waals surface area contributed by atoms with E-state index >= 15 is 0 Å². The molecule has 2 rings (SSSR count). The molecule has 1 fully saturated rings. The predicted octanol–water partition coefficient (Wildman–Crippen LogP) is 2.77. The van der Waals surface area contributed by atoms with Crippen LogP contribution in [-0.2, 0) is 6.18 Å². The van der Waals surface area contributed by atoms with Gasteiger partial charge in [0, 0.05) is 31.9 Å². The van der Waals surface area contributed by atoms with Crippen molar-refractivity contribution in [2.75, 3.05) is 38.1 Å². The predicted molar refractivity (Wildman–Crippen MR) is 65.9 cm³/mol. The minimum absolute atomic E-state index is 0.571. The van der Waals surface area contributed by atoms with E-state index in [1.54, 1.807) is 13.0 Å². The van der Waals surface area contributed by atoms with Gasteiger partial charge in [0.05, 0.1) is 5.56 Å². The van der Waals surface area contributed by atoms with Gasteiger partial charge in [-0.25, -0.2) is 0 Å². The number of likely N-dealkylation sites (N-methyl/N-ethyl adjacent to an activating group) is 1. The number of alkyl halides is 3. The quantitative estimate of drug-likeness (QED) is 0.764. The summed E-state index contributed by atoms with van der Waals surface area (Å²) < 4.78 is 37.7. The van der Waals surface area contributed by atoms with Crippen LogP contribution in [0.1, 0.15) is 11.1 Å². The first kappa shape index (κ1) is 13.2. The third-order valence-electron chi connectivity index (χ3n) is 3.37. The third kappa shape index (κ3) is 2.77. The van der Waals surface area contributed by atoms with Gasteiger partial charge in [0.2, 0.25) is 0 Å². The second-order valence-corrected chi connectivity index (χ2v) is 4.79. The van der Waals surface area contributed by atoms with E-state index in [2.05, 4.69) is 16.8 Å². The van der Waals surface area contributed by atoms with E-state index in [4.69, 9.17) is 0 Å². The SMILES string of the molecule is Cc1cc(C(F)(F)F)ccc1N1CCN(C)CC1. The molecule has 1 aliphatic rings. The lowest BCUT2D eigenvalue weighted by Gasteiger charge is -2.35. The third-order valence-corrected chi connectivity index (χ3v) is 3.37. The number of rotatable bonds is 1. The monoisotopic (exact) mass is 258 g/mol. The fourth-order valence-electron chi connectivity index (χ4n) is 2.23. The number of hydrogen-bond acceptors (Lipinski definition) is 2. The highest BCUT2D eigenvalue weighted by molar-refractivity contribution is 5.55. The molecule has 0 spiro atoms. The second kappa shape index (κ2) is 4.80. The van der Waals surface area contributed by atoms with Gasteiger partial charge >= 0.3 is 6.18 Å². The summed E-state index contributed by atoms with van der Waals surface area (Å²) in [5.74, 6) is 0. The van der Waals surface area contributed by atoms with E-state index < -0.39 is 11.7 Å². The van der Waals surface area contributed by atoms with E-state index in [-0.39, 0.29) is 0 Å². The molecule has 0 bridgehead atoms. The van der Waals surface area contributed by atoms with Crippen molar-refractivity contribution in [1.29, 1.82) is 0 Å². The Morgan fingerprint density at radius 1 is 1.06 bits per heavy atom. The van der Waals surface area contributed by atoms with Crippen LogP contribution in [-0.4, -0.2) is 38.1 Å². The topological polar surface area (TPSA) is 6.48 Å². The van der Waals surface area contributed by atoms with Crippen molar-refractivity contribution in [3.8, 4) is 0 Å². The first-order valence-corrected chi connectivity index (χ1v) is 5.99. The zero-order chi connectivity index (χ0) is 13.3. The van der Waals surface area contributed by atoms with Crippen LogP contribution >= 0.6 is 0 Å². The van der Waals surface area contributed by atoms with Crippen LogP contribution in [0.3, 0.4) is 0 Å². The Morgan fingerprint density at radius 2 is 1.67 bits per heavy atom. The zero-order valence-electron chi connectivity index (χ0n) is 10.6. The van der Waals surface area contributed by atoms with Gasteiger partial charge < -0.3 is 9.80 Å². The van der Waals surface area contributed by atoms with Crippen molar-refractivity contribution < 1.29 is 13.2 Å². The van der Waals surface area contributed by atoms with Crippen molar-refractivity contribution in [2.45, 2.75) is 13.1 Å². The van der Waals surface area contributed by atoms with E-state index in [0.717, 1.165) is 31.9 Å². The average molecular weight is 258 g/mol. The molecule has 0 unspecified atom stereocenters. The Labute approximate surface area is 105 Å². The smallest absolute Gasteiger partial charge is 0.369 e. The molecule has 1 heterocycles. The first-order chi connectivity index (χ1) is 8.38. The van der Waals surface area contributed by atoms with Crippen LogP contribution in [0.4, 0.5) is 18.9 Å². The minimum Gasteiger partial charge on any atom is -0.369 e. The highest BCUT2D eigenvalue weighted by Gasteiger charge is 2.31. The van der Waals surface area contributed by atoms with Crippen molar-refractivity contribution in [3.63, 3.8) is 0 Å². The van der Waals surface area contributed by atoms with Crippen LogP contribution in [0.2, 0.25) is 0 Å². The minimum atomic E-state index is -4.26. The Kier molecular flexibility index (Phi) is 3.52. The molecule has 0 atom stereocenters. The Morgan fingerprint density at radius 3 is 2.17 bits per heavy atom. The van der Waals surface area contributed by atoms with Gasteiger partial charge in [-0.2, -0.15) is 13.2 Å². The lowest BCUT2D eigenvalue weighted by atomic mass is 10.1. The number of benzene rings is 1. The van der Waals surface area contributed by atoms with Crippen LogP contribution in [0.15, 0.2) is 18.2 Å². The summed E-state index contributed by atoms with van der Waals surface area (Å²) in [6, 6.07) is 3.98. The number of halogens is 3. The highest BCUT2D eigenvalue weighted by atomic mass is 19.4. The molecule has 0 radical (unpaired) electrons. The highest BCUT2D eigenvalue weighted by Crippen LogP contribution is 2.32. The Hall–Kier alpha value is -1.23. The average Bonchev–Trinajstić information content (AvgIpc) is 2.29. The fraction of sp³-hybridized carbons (Fsp3) is 0.538. The van der Waals surface area contributed by atoms with E-state index in [1.807, 2.05) is 0 Å². The maximum atomic E-state index is 12.6. The van der Waals surface area contributed by atoms with Gasteiger partial charge in [0.25, 0.3) is 0 Å².